The zero-order valence-electron chi connectivity index (χ0n) is 18.4. The summed E-state index contributed by atoms with van der Waals surface area (Å²) in [4.78, 5) is 25.5. The number of benzene rings is 2. The number of nitrogens with one attached hydrogen (secondary N) is 2. The van der Waals surface area contributed by atoms with Crippen LogP contribution >= 0.6 is 0 Å². The molecule has 8 nitrogen and oxygen atoms in total. The number of carbonyl (C=O) groups excluding carboxylic acids is 2. The van der Waals surface area contributed by atoms with Gasteiger partial charge < -0.3 is 19.2 Å². The minimum atomic E-state index is -0.357. The van der Waals surface area contributed by atoms with Crippen molar-refractivity contribution in [1.29, 1.82) is 0 Å². The van der Waals surface area contributed by atoms with Gasteiger partial charge in [0.1, 0.15) is 5.76 Å². The molecule has 0 spiro atoms. The lowest BCUT2D eigenvalue weighted by Crippen LogP contribution is -2.22. The molecule has 2 heterocycles. The molecule has 0 saturated heterocycles. The van der Waals surface area contributed by atoms with Crippen LogP contribution in [0.3, 0.4) is 0 Å². The highest BCUT2D eigenvalue weighted by atomic mass is 16.7. The smallest absolute Gasteiger partial charge is 0.291 e. The summed E-state index contributed by atoms with van der Waals surface area (Å²) in [7, 11) is 0. The molecule has 1 aromatic heterocycles. The minimum absolute atomic E-state index is 0.166. The van der Waals surface area contributed by atoms with Crippen molar-refractivity contribution < 1.29 is 23.5 Å². The summed E-state index contributed by atoms with van der Waals surface area (Å²) in [6.45, 7) is 3.88. The van der Waals surface area contributed by atoms with E-state index >= 15 is 0 Å². The largest absolute Gasteiger partial charge is 0.455 e. The number of hydrogen-bond acceptors (Lipinski definition) is 6. The van der Waals surface area contributed by atoms with Crippen molar-refractivity contribution in [3.8, 4) is 11.5 Å². The van der Waals surface area contributed by atoms with E-state index in [1.165, 1.54) is 0 Å². The lowest BCUT2D eigenvalue weighted by atomic mass is 9.93. The molecule has 2 aromatic carbocycles. The standard InChI is InChI=1S/C25H23N3O5/c1-14-6-3-4-7-17(14)24(29)28-27-18-8-5-9-20-22(18)15(2)23(33-20)25(30)26-16-10-11-19-21(12-16)32-13-31-19/h3-4,6-7,10-12H,5,8-9,13H2,1-2H3,(H,26,30)(H,28,29)/b27-18+. The van der Waals surface area contributed by atoms with Crippen LogP contribution in [0.2, 0.25) is 0 Å². The van der Waals surface area contributed by atoms with Crippen LogP contribution in [0.4, 0.5) is 5.69 Å². The molecule has 0 unspecified atom stereocenters. The van der Waals surface area contributed by atoms with Crippen molar-refractivity contribution in [2.24, 2.45) is 5.10 Å². The Morgan fingerprint density at radius 1 is 0.970 bits per heavy atom. The summed E-state index contributed by atoms with van der Waals surface area (Å²) in [5, 5.41) is 7.25. The average Bonchev–Trinajstić information content (AvgIpc) is 3.42. The van der Waals surface area contributed by atoms with Gasteiger partial charge in [-0.25, -0.2) is 5.43 Å². The molecule has 0 radical (unpaired) electrons. The number of ether oxygens (including phenoxy) is 2. The van der Waals surface area contributed by atoms with Gasteiger partial charge in [0.05, 0.1) is 5.71 Å². The Balaban J connectivity index is 1.37. The summed E-state index contributed by atoms with van der Waals surface area (Å²) >= 11 is 0. The maximum atomic E-state index is 13.0. The Labute approximate surface area is 190 Å². The van der Waals surface area contributed by atoms with E-state index in [-0.39, 0.29) is 24.4 Å². The molecule has 33 heavy (non-hydrogen) atoms. The van der Waals surface area contributed by atoms with Gasteiger partial charge >= 0.3 is 0 Å². The van der Waals surface area contributed by atoms with Crippen molar-refractivity contribution >= 4 is 23.2 Å². The third kappa shape index (κ3) is 3.95. The van der Waals surface area contributed by atoms with Gasteiger partial charge in [0.2, 0.25) is 6.79 Å². The number of fused-ring (bicyclic) bond motifs is 2. The minimum Gasteiger partial charge on any atom is -0.455 e. The first-order chi connectivity index (χ1) is 16.0. The lowest BCUT2D eigenvalue weighted by Gasteiger charge is -2.13. The third-order valence-electron chi connectivity index (χ3n) is 5.84. The molecule has 1 aliphatic heterocycles. The molecular weight excluding hydrogens is 422 g/mol. The molecule has 0 bridgehead atoms. The number of aryl methyl sites for hydroxylation is 2. The van der Waals surface area contributed by atoms with Crippen LogP contribution < -0.4 is 20.2 Å². The van der Waals surface area contributed by atoms with E-state index < -0.39 is 0 Å². The highest BCUT2D eigenvalue weighted by molar-refractivity contribution is 6.09. The van der Waals surface area contributed by atoms with Gasteiger partial charge in [0.25, 0.3) is 11.8 Å². The van der Waals surface area contributed by atoms with Crippen LogP contribution in [0.1, 0.15) is 56.2 Å². The van der Waals surface area contributed by atoms with E-state index in [9.17, 15) is 9.59 Å². The monoisotopic (exact) mass is 445 g/mol. The predicted molar refractivity (Wildman–Crippen MR) is 122 cm³/mol. The van der Waals surface area contributed by atoms with Crippen LogP contribution in [0, 0.1) is 13.8 Å². The van der Waals surface area contributed by atoms with Crippen LogP contribution in [0.15, 0.2) is 52.0 Å². The molecule has 2 aliphatic rings. The fourth-order valence-electron chi connectivity index (χ4n) is 4.16. The molecule has 0 atom stereocenters. The van der Waals surface area contributed by atoms with E-state index in [1.807, 2.05) is 32.0 Å². The Morgan fingerprint density at radius 2 is 1.79 bits per heavy atom. The lowest BCUT2D eigenvalue weighted by molar-refractivity contribution is 0.0952. The molecule has 168 valence electrons. The summed E-state index contributed by atoms with van der Waals surface area (Å²) in [6, 6.07) is 12.6. The molecule has 2 N–H and O–H groups in total. The normalized spacial score (nSPS) is 15.3. The highest BCUT2D eigenvalue weighted by Crippen LogP contribution is 2.35. The van der Waals surface area contributed by atoms with E-state index in [4.69, 9.17) is 13.9 Å². The number of rotatable bonds is 4. The maximum Gasteiger partial charge on any atom is 0.291 e. The second kappa shape index (κ2) is 8.46. The Morgan fingerprint density at radius 3 is 2.64 bits per heavy atom. The first-order valence-electron chi connectivity index (χ1n) is 10.8. The number of furan rings is 1. The predicted octanol–water partition coefficient (Wildman–Crippen LogP) is 4.35. The van der Waals surface area contributed by atoms with Gasteiger partial charge in [-0.2, -0.15) is 5.10 Å². The van der Waals surface area contributed by atoms with Crippen molar-refractivity contribution in [3.05, 3.63) is 76.2 Å². The summed E-state index contributed by atoms with van der Waals surface area (Å²) in [6.07, 6.45) is 2.21. The van der Waals surface area contributed by atoms with Crippen molar-refractivity contribution in [3.63, 3.8) is 0 Å². The zero-order chi connectivity index (χ0) is 22.9. The Hall–Kier alpha value is -4.07. The fraction of sp³-hybridized carbons (Fsp3) is 0.240. The van der Waals surface area contributed by atoms with E-state index in [0.29, 0.717) is 52.6 Å². The number of hydrazone groups is 1. The van der Waals surface area contributed by atoms with Gasteiger partial charge in [-0.15, -0.1) is 0 Å². The average molecular weight is 445 g/mol. The number of amides is 2. The van der Waals surface area contributed by atoms with Crippen LogP contribution in [0.25, 0.3) is 0 Å². The maximum absolute atomic E-state index is 13.0. The summed E-state index contributed by atoms with van der Waals surface area (Å²) in [5.74, 6) is 1.54. The van der Waals surface area contributed by atoms with Crippen molar-refractivity contribution in [2.75, 3.05) is 12.1 Å². The van der Waals surface area contributed by atoms with Gasteiger partial charge in [-0.3, -0.25) is 9.59 Å². The quantitative estimate of drug-likeness (QED) is 0.582. The molecule has 0 fully saturated rings. The van der Waals surface area contributed by atoms with Crippen LogP contribution in [-0.4, -0.2) is 24.3 Å². The molecule has 0 saturated carbocycles. The van der Waals surface area contributed by atoms with E-state index in [0.717, 1.165) is 17.5 Å². The topological polar surface area (TPSA) is 102 Å². The SMILES string of the molecule is Cc1ccccc1C(=O)N/N=C1\CCCc2oc(C(=O)Nc3ccc4c(c3)OCO4)c(C)c21. The zero-order valence-corrected chi connectivity index (χ0v) is 18.4. The van der Waals surface area contributed by atoms with E-state index in [1.54, 1.807) is 24.3 Å². The van der Waals surface area contributed by atoms with Crippen molar-refractivity contribution in [2.45, 2.75) is 33.1 Å². The van der Waals surface area contributed by atoms with Gasteiger partial charge in [-0.05, 0) is 50.5 Å². The van der Waals surface area contributed by atoms with Crippen LogP contribution in [0.5, 0.6) is 11.5 Å². The molecule has 8 heteroatoms. The number of hydrogen-bond donors (Lipinski definition) is 2. The molecule has 2 amide bonds. The Bertz CT molecular complexity index is 1290. The number of nitrogens with zero attached hydrogens (tertiary/aromatic N) is 1. The molecular formula is C25H23N3O5. The van der Waals surface area contributed by atoms with Crippen molar-refractivity contribution in [1.82, 2.24) is 5.43 Å². The second-order valence-electron chi connectivity index (χ2n) is 8.04. The Kier molecular flexibility index (Phi) is 5.34. The fourth-order valence-corrected chi connectivity index (χ4v) is 4.16. The van der Waals surface area contributed by atoms with Crippen LogP contribution in [-0.2, 0) is 6.42 Å². The number of carbonyl (C=O) groups is 2. The van der Waals surface area contributed by atoms with Gasteiger partial charge in [0.15, 0.2) is 17.3 Å². The van der Waals surface area contributed by atoms with Gasteiger partial charge in [0, 0.05) is 34.9 Å². The first kappa shape index (κ1) is 20.8. The summed E-state index contributed by atoms with van der Waals surface area (Å²) in [5.41, 5.74) is 6.90. The van der Waals surface area contributed by atoms with E-state index in [2.05, 4.69) is 15.8 Å². The van der Waals surface area contributed by atoms with Gasteiger partial charge in [-0.1, -0.05) is 18.2 Å². The summed E-state index contributed by atoms with van der Waals surface area (Å²) < 4.78 is 16.6. The molecule has 3 aromatic rings. The first-order valence-corrected chi connectivity index (χ1v) is 10.8. The molecule has 1 aliphatic carbocycles. The molecule has 5 rings (SSSR count). The highest BCUT2D eigenvalue weighted by Gasteiger charge is 2.28. The second-order valence-corrected chi connectivity index (χ2v) is 8.04. The third-order valence-corrected chi connectivity index (χ3v) is 5.84. The number of anilines is 1.